The maximum atomic E-state index is 11.7. The van der Waals surface area contributed by atoms with E-state index in [1.165, 1.54) is 0 Å². The third kappa shape index (κ3) is 4.64. The Labute approximate surface area is 122 Å². The molecule has 0 aromatic carbocycles. The molecule has 0 fully saturated rings. The Morgan fingerprint density at radius 1 is 1.52 bits per heavy atom. The SMILES string of the molecule is COC[C@H](C)NC(=O)CCc1nc(-c2cccnc2)no1. The standard InChI is InChI=1S/C14H18N4O3/c1-10(9-20-2)16-12(19)5-6-13-17-14(18-21-13)11-4-3-7-15-8-11/h3-4,7-8,10H,5-6,9H2,1-2H3,(H,16,19)/t10-/m0/s1. The second kappa shape index (κ2) is 7.49. The molecule has 0 spiro atoms. The first-order valence-corrected chi connectivity index (χ1v) is 6.70. The predicted octanol–water partition coefficient (Wildman–Crippen LogP) is 1.22. The van der Waals surface area contributed by atoms with Gasteiger partial charge in [0.2, 0.25) is 17.6 Å². The lowest BCUT2D eigenvalue weighted by Gasteiger charge is -2.11. The number of methoxy groups -OCH3 is 1. The minimum atomic E-state index is -0.0688. The van der Waals surface area contributed by atoms with Crippen molar-refractivity contribution in [1.82, 2.24) is 20.4 Å². The monoisotopic (exact) mass is 290 g/mol. The second-order valence-electron chi connectivity index (χ2n) is 4.68. The van der Waals surface area contributed by atoms with Gasteiger partial charge in [-0.1, -0.05) is 5.16 Å². The molecule has 0 aliphatic carbocycles. The molecule has 7 nitrogen and oxygen atoms in total. The highest BCUT2D eigenvalue weighted by Gasteiger charge is 2.12. The molecule has 112 valence electrons. The number of nitrogens with one attached hydrogen (secondary N) is 1. The molecule has 1 amide bonds. The van der Waals surface area contributed by atoms with Crippen molar-refractivity contribution in [3.63, 3.8) is 0 Å². The quantitative estimate of drug-likeness (QED) is 0.824. The van der Waals surface area contributed by atoms with E-state index < -0.39 is 0 Å². The summed E-state index contributed by atoms with van der Waals surface area (Å²) >= 11 is 0. The first-order valence-electron chi connectivity index (χ1n) is 6.70. The van der Waals surface area contributed by atoms with Gasteiger partial charge in [0.15, 0.2) is 0 Å². The summed E-state index contributed by atoms with van der Waals surface area (Å²) in [6.45, 7) is 2.37. The number of aryl methyl sites for hydroxylation is 1. The van der Waals surface area contributed by atoms with E-state index in [-0.39, 0.29) is 11.9 Å². The Hall–Kier alpha value is -2.28. The highest BCUT2D eigenvalue weighted by Crippen LogP contribution is 2.14. The molecule has 0 radical (unpaired) electrons. The van der Waals surface area contributed by atoms with Gasteiger partial charge >= 0.3 is 0 Å². The van der Waals surface area contributed by atoms with Gasteiger partial charge in [0.25, 0.3) is 0 Å². The van der Waals surface area contributed by atoms with Gasteiger partial charge in [-0.15, -0.1) is 0 Å². The summed E-state index contributed by atoms with van der Waals surface area (Å²) < 4.78 is 10.1. The number of hydrogen-bond donors (Lipinski definition) is 1. The number of amides is 1. The van der Waals surface area contributed by atoms with Crippen LogP contribution >= 0.6 is 0 Å². The van der Waals surface area contributed by atoms with E-state index >= 15 is 0 Å². The van der Waals surface area contributed by atoms with Crippen molar-refractivity contribution in [3.8, 4) is 11.4 Å². The van der Waals surface area contributed by atoms with Crippen molar-refractivity contribution in [2.75, 3.05) is 13.7 Å². The van der Waals surface area contributed by atoms with Gasteiger partial charge < -0.3 is 14.6 Å². The maximum Gasteiger partial charge on any atom is 0.227 e. The molecule has 2 heterocycles. The zero-order chi connectivity index (χ0) is 15.1. The highest BCUT2D eigenvalue weighted by molar-refractivity contribution is 5.76. The van der Waals surface area contributed by atoms with E-state index in [1.54, 1.807) is 25.6 Å². The summed E-state index contributed by atoms with van der Waals surface area (Å²) in [5, 5.41) is 6.70. The largest absolute Gasteiger partial charge is 0.383 e. The first-order chi connectivity index (χ1) is 10.2. The molecule has 0 unspecified atom stereocenters. The van der Waals surface area contributed by atoms with Crippen molar-refractivity contribution in [1.29, 1.82) is 0 Å². The van der Waals surface area contributed by atoms with E-state index in [0.717, 1.165) is 5.56 Å². The Morgan fingerprint density at radius 3 is 3.10 bits per heavy atom. The summed E-state index contributed by atoms with van der Waals surface area (Å²) in [7, 11) is 1.60. The van der Waals surface area contributed by atoms with Gasteiger partial charge in [-0.2, -0.15) is 4.98 Å². The van der Waals surface area contributed by atoms with Crippen LogP contribution in [0.4, 0.5) is 0 Å². The molecule has 2 rings (SSSR count). The smallest absolute Gasteiger partial charge is 0.227 e. The van der Waals surface area contributed by atoms with Crippen molar-refractivity contribution in [2.24, 2.45) is 0 Å². The van der Waals surface area contributed by atoms with Crippen molar-refractivity contribution < 1.29 is 14.1 Å². The maximum absolute atomic E-state index is 11.7. The van der Waals surface area contributed by atoms with Gasteiger partial charge in [-0.05, 0) is 19.1 Å². The Morgan fingerprint density at radius 2 is 2.38 bits per heavy atom. The number of pyridine rings is 1. The van der Waals surface area contributed by atoms with Crippen LogP contribution in [0.5, 0.6) is 0 Å². The molecule has 0 aliphatic heterocycles. The van der Waals surface area contributed by atoms with Crippen LogP contribution in [-0.4, -0.2) is 40.8 Å². The van der Waals surface area contributed by atoms with Gasteiger partial charge in [0.1, 0.15) is 0 Å². The van der Waals surface area contributed by atoms with Crippen LogP contribution in [0.25, 0.3) is 11.4 Å². The second-order valence-corrected chi connectivity index (χ2v) is 4.68. The van der Waals surface area contributed by atoms with Gasteiger partial charge in [0.05, 0.1) is 6.61 Å². The summed E-state index contributed by atoms with van der Waals surface area (Å²) in [5.74, 6) is 0.843. The van der Waals surface area contributed by atoms with E-state index in [1.807, 2.05) is 13.0 Å². The van der Waals surface area contributed by atoms with Crippen LogP contribution in [0.3, 0.4) is 0 Å². The number of aromatic nitrogens is 3. The Balaban J connectivity index is 1.84. The third-order valence-electron chi connectivity index (χ3n) is 2.78. The molecular formula is C14H18N4O3. The van der Waals surface area contributed by atoms with Crippen molar-refractivity contribution >= 4 is 5.91 Å². The van der Waals surface area contributed by atoms with Crippen LogP contribution in [0.2, 0.25) is 0 Å². The highest BCUT2D eigenvalue weighted by atomic mass is 16.5. The number of ether oxygens (including phenoxy) is 1. The van der Waals surface area contributed by atoms with Gasteiger partial charge in [0, 0.05) is 44.0 Å². The van der Waals surface area contributed by atoms with Crippen LogP contribution in [0.15, 0.2) is 29.0 Å². The number of carbonyl (C=O) groups excluding carboxylic acids is 1. The minimum absolute atomic E-state index is 0.0175. The fourth-order valence-corrected chi connectivity index (χ4v) is 1.83. The van der Waals surface area contributed by atoms with E-state index in [9.17, 15) is 4.79 Å². The number of carbonyl (C=O) groups is 1. The number of nitrogens with zero attached hydrogens (tertiary/aromatic N) is 3. The zero-order valence-corrected chi connectivity index (χ0v) is 12.1. The van der Waals surface area contributed by atoms with Gasteiger partial charge in [-0.3, -0.25) is 9.78 Å². The van der Waals surface area contributed by atoms with Gasteiger partial charge in [-0.25, -0.2) is 0 Å². The molecule has 2 aromatic rings. The third-order valence-corrected chi connectivity index (χ3v) is 2.78. The predicted molar refractivity (Wildman–Crippen MR) is 75.3 cm³/mol. The summed E-state index contributed by atoms with van der Waals surface area (Å²) in [6, 6.07) is 3.63. The normalized spacial score (nSPS) is 12.1. The van der Waals surface area contributed by atoms with Crippen LogP contribution in [-0.2, 0) is 16.0 Å². The molecule has 0 aliphatic rings. The fourth-order valence-electron chi connectivity index (χ4n) is 1.83. The average Bonchev–Trinajstić information content (AvgIpc) is 2.95. The van der Waals surface area contributed by atoms with E-state index in [2.05, 4.69) is 20.4 Å². The molecule has 0 bridgehead atoms. The molecule has 21 heavy (non-hydrogen) atoms. The Bertz CT molecular complexity index is 571. The zero-order valence-electron chi connectivity index (χ0n) is 12.1. The Kier molecular flexibility index (Phi) is 5.39. The van der Waals surface area contributed by atoms with Crippen LogP contribution in [0.1, 0.15) is 19.2 Å². The molecule has 7 heteroatoms. The topological polar surface area (TPSA) is 90.1 Å². The van der Waals surface area contributed by atoms with Crippen LogP contribution in [0, 0.1) is 0 Å². The molecule has 1 atom stereocenters. The van der Waals surface area contributed by atoms with Crippen molar-refractivity contribution in [2.45, 2.75) is 25.8 Å². The molecule has 1 N–H and O–H groups in total. The molecular weight excluding hydrogens is 272 g/mol. The van der Waals surface area contributed by atoms with Crippen LogP contribution < -0.4 is 5.32 Å². The molecule has 0 saturated carbocycles. The van der Waals surface area contributed by atoms with Crippen molar-refractivity contribution in [3.05, 3.63) is 30.4 Å². The summed E-state index contributed by atoms with van der Waals surface area (Å²) in [6.07, 6.45) is 4.03. The number of rotatable bonds is 7. The lowest BCUT2D eigenvalue weighted by molar-refractivity contribution is -0.122. The summed E-state index contributed by atoms with van der Waals surface area (Å²) in [5.41, 5.74) is 0.783. The first kappa shape index (κ1) is 15.1. The molecule has 2 aromatic heterocycles. The van der Waals surface area contributed by atoms with E-state index in [0.29, 0.717) is 31.2 Å². The minimum Gasteiger partial charge on any atom is -0.383 e. The van der Waals surface area contributed by atoms with E-state index in [4.69, 9.17) is 9.26 Å². The fraction of sp³-hybridized carbons (Fsp3) is 0.429. The summed E-state index contributed by atoms with van der Waals surface area (Å²) in [4.78, 5) is 20.0. The molecule has 0 saturated heterocycles. The average molecular weight is 290 g/mol. The lowest BCUT2D eigenvalue weighted by atomic mass is 10.2. The lowest BCUT2D eigenvalue weighted by Crippen LogP contribution is -2.35. The number of hydrogen-bond acceptors (Lipinski definition) is 6.